The zero-order valence-corrected chi connectivity index (χ0v) is 20.0. The number of amides is 2. The lowest BCUT2D eigenvalue weighted by Gasteiger charge is -2.19. The van der Waals surface area contributed by atoms with Gasteiger partial charge in [-0.2, -0.15) is 0 Å². The molecule has 34 heavy (non-hydrogen) atoms. The number of nitrogens with one attached hydrogen (secondary N) is 1. The molecular weight excluding hydrogens is 428 g/mol. The first-order valence-corrected chi connectivity index (χ1v) is 11.4. The molecule has 1 N–H and O–H groups in total. The van der Waals surface area contributed by atoms with Crippen LogP contribution in [-0.4, -0.2) is 25.5 Å². The number of carbonyl (C=O) groups excluding carboxylic acids is 2. The Labute approximate surface area is 200 Å². The van der Waals surface area contributed by atoms with E-state index in [1.54, 1.807) is 36.3 Å². The highest BCUT2D eigenvalue weighted by Crippen LogP contribution is 2.29. The highest BCUT2D eigenvalue weighted by atomic mass is 16.5. The molecule has 176 valence electrons. The van der Waals surface area contributed by atoms with Crippen LogP contribution >= 0.6 is 0 Å². The summed E-state index contributed by atoms with van der Waals surface area (Å²) in [4.78, 5) is 26.9. The minimum atomic E-state index is -0.410. The molecule has 6 nitrogen and oxygen atoms in total. The second kappa shape index (κ2) is 9.59. The summed E-state index contributed by atoms with van der Waals surface area (Å²) in [5.41, 5.74) is 2.76. The van der Waals surface area contributed by atoms with Gasteiger partial charge in [0, 0.05) is 24.3 Å². The van der Waals surface area contributed by atoms with Gasteiger partial charge in [-0.1, -0.05) is 32.9 Å². The van der Waals surface area contributed by atoms with Gasteiger partial charge in [0.05, 0.1) is 13.0 Å². The fourth-order valence-electron chi connectivity index (χ4n) is 3.90. The Morgan fingerprint density at radius 3 is 2.00 bits per heavy atom. The summed E-state index contributed by atoms with van der Waals surface area (Å²) in [7, 11) is 1.60. The molecule has 0 spiro atoms. The zero-order chi connectivity index (χ0) is 24.3. The predicted octanol–water partition coefficient (Wildman–Crippen LogP) is 5.78. The summed E-state index contributed by atoms with van der Waals surface area (Å²) in [5, 5.41) is 2.92. The first kappa shape index (κ1) is 23.4. The molecule has 0 aromatic heterocycles. The summed E-state index contributed by atoms with van der Waals surface area (Å²) >= 11 is 0. The van der Waals surface area contributed by atoms with E-state index in [0.717, 1.165) is 17.2 Å². The lowest BCUT2D eigenvalue weighted by atomic mass is 9.87. The topological polar surface area (TPSA) is 67.9 Å². The fraction of sp³-hybridized carbons (Fsp3) is 0.286. The van der Waals surface area contributed by atoms with E-state index in [0.29, 0.717) is 18.0 Å². The summed E-state index contributed by atoms with van der Waals surface area (Å²) < 4.78 is 11.1. The van der Waals surface area contributed by atoms with E-state index in [1.165, 1.54) is 5.56 Å². The Balaban J connectivity index is 1.34. The Hall–Kier alpha value is -3.80. The van der Waals surface area contributed by atoms with E-state index >= 15 is 0 Å². The van der Waals surface area contributed by atoms with Crippen LogP contribution in [0.5, 0.6) is 17.2 Å². The quantitative estimate of drug-likeness (QED) is 0.509. The Bertz CT molecular complexity index is 1150. The molecule has 2 amide bonds. The van der Waals surface area contributed by atoms with Crippen LogP contribution in [0, 0.1) is 5.92 Å². The Morgan fingerprint density at radius 1 is 0.882 bits per heavy atom. The van der Waals surface area contributed by atoms with E-state index in [9.17, 15) is 9.59 Å². The maximum atomic E-state index is 12.8. The molecule has 0 unspecified atom stereocenters. The summed E-state index contributed by atoms with van der Waals surface area (Å²) in [5.74, 6) is 1.52. The van der Waals surface area contributed by atoms with Gasteiger partial charge in [0.15, 0.2) is 0 Å². The van der Waals surface area contributed by atoms with Crippen molar-refractivity contribution in [3.8, 4) is 17.2 Å². The summed E-state index contributed by atoms with van der Waals surface area (Å²) in [6, 6.07) is 22.6. The summed E-state index contributed by atoms with van der Waals surface area (Å²) in [6.45, 7) is 6.87. The molecule has 1 fully saturated rings. The molecule has 1 aliphatic heterocycles. The van der Waals surface area contributed by atoms with E-state index in [2.05, 4.69) is 38.2 Å². The van der Waals surface area contributed by atoms with Crippen molar-refractivity contribution >= 4 is 23.2 Å². The summed E-state index contributed by atoms with van der Waals surface area (Å²) in [6.07, 6.45) is 0.184. The number of rotatable bonds is 6. The molecule has 0 bridgehead atoms. The molecule has 1 atom stereocenters. The minimum absolute atomic E-state index is 0.0634. The van der Waals surface area contributed by atoms with Crippen molar-refractivity contribution in [3.05, 3.63) is 78.4 Å². The fourth-order valence-corrected chi connectivity index (χ4v) is 3.90. The van der Waals surface area contributed by atoms with Crippen molar-refractivity contribution < 1.29 is 19.1 Å². The molecule has 0 saturated carbocycles. The third-order valence-electron chi connectivity index (χ3n) is 5.96. The van der Waals surface area contributed by atoms with Crippen molar-refractivity contribution in [3.63, 3.8) is 0 Å². The molecule has 1 aliphatic rings. The first-order chi connectivity index (χ1) is 16.2. The van der Waals surface area contributed by atoms with Gasteiger partial charge < -0.3 is 19.7 Å². The predicted molar refractivity (Wildman–Crippen MR) is 134 cm³/mol. The van der Waals surface area contributed by atoms with Crippen LogP contribution in [0.25, 0.3) is 0 Å². The van der Waals surface area contributed by atoms with Crippen molar-refractivity contribution in [2.75, 3.05) is 23.9 Å². The molecule has 1 heterocycles. The van der Waals surface area contributed by atoms with Crippen LogP contribution in [0.3, 0.4) is 0 Å². The number of carbonyl (C=O) groups is 2. The molecule has 1 saturated heterocycles. The average Bonchev–Trinajstić information content (AvgIpc) is 3.22. The Morgan fingerprint density at radius 2 is 1.44 bits per heavy atom. The van der Waals surface area contributed by atoms with Gasteiger partial charge in [-0.25, -0.2) is 0 Å². The van der Waals surface area contributed by atoms with Gasteiger partial charge in [-0.15, -0.1) is 0 Å². The smallest absolute Gasteiger partial charge is 0.229 e. The van der Waals surface area contributed by atoms with Crippen molar-refractivity contribution in [1.82, 2.24) is 0 Å². The van der Waals surface area contributed by atoms with Crippen LogP contribution in [0.1, 0.15) is 32.8 Å². The number of ether oxygens (including phenoxy) is 2. The van der Waals surface area contributed by atoms with Gasteiger partial charge in [-0.05, 0) is 71.6 Å². The van der Waals surface area contributed by atoms with Gasteiger partial charge in [0.2, 0.25) is 11.8 Å². The van der Waals surface area contributed by atoms with Crippen molar-refractivity contribution in [2.45, 2.75) is 32.6 Å². The third-order valence-corrected chi connectivity index (χ3v) is 5.96. The highest BCUT2D eigenvalue weighted by Gasteiger charge is 2.35. The van der Waals surface area contributed by atoms with Gasteiger partial charge >= 0.3 is 0 Å². The van der Waals surface area contributed by atoms with E-state index < -0.39 is 5.92 Å². The molecular formula is C28H30N2O4. The van der Waals surface area contributed by atoms with Crippen LogP contribution < -0.4 is 19.7 Å². The maximum absolute atomic E-state index is 12.8. The number of methoxy groups -OCH3 is 1. The second-order valence-corrected chi connectivity index (χ2v) is 9.49. The van der Waals surface area contributed by atoms with Crippen LogP contribution in [-0.2, 0) is 15.0 Å². The first-order valence-electron chi connectivity index (χ1n) is 11.4. The van der Waals surface area contributed by atoms with Crippen LogP contribution in [0.15, 0.2) is 72.8 Å². The number of anilines is 2. The van der Waals surface area contributed by atoms with Crippen LogP contribution in [0.4, 0.5) is 11.4 Å². The zero-order valence-electron chi connectivity index (χ0n) is 20.0. The van der Waals surface area contributed by atoms with Crippen LogP contribution in [0.2, 0.25) is 0 Å². The highest BCUT2D eigenvalue weighted by molar-refractivity contribution is 6.03. The molecule has 3 aromatic rings. The standard InChI is InChI=1S/C28H30N2O4/c1-28(2,3)20-5-11-24(12-6-20)34-25-13-7-21(8-14-25)29-27(32)19-17-26(31)30(18-19)22-9-15-23(33-4)16-10-22/h5-16,19H,17-18H2,1-4H3,(H,29,32)/t19-/m0/s1. The molecule has 6 heteroatoms. The monoisotopic (exact) mass is 458 g/mol. The lowest BCUT2D eigenvalue weighted by Crippen LogP contribution is -2.28. The van der Waals surface area contributed by atoms with Crippen molar-refractivity contribution in [1.29, 1.82) is 0 Å². The third kappa shape index (κ3) is 5.39. The second-order valence-electron chi connectivity index (χ2n) is 9.49. The lowest BCUT2D eigenvalue weighted by molar-refractivity contribution is -0.122. The van der Waals surface area contributed by atoms with E-state index in [4.69, 9.17) is 9.47 Å². The number of nitrogens with zero attached hydrogens (tertiary/aromatic N) is 1. The number of hydrogen-bond donors (Lipinski definition) is 1. The molecule has 4 rings (SSSR count). The largest absolute Gasteiger partial charge is 0.497 e. The number of benzene rings is 3. The average molecular weight is 459 g/mol. The molecule has 0 radical (unpaired) electrons. The maximum Gasteiger partial charge on any atom is 0.229 e. The van der Waals surface area contributed by atoms with E-state index in [-0.39, 0.29) is 23.7 Å². The number of hydrogen-bond acceptors (Lipinski definition) is 4. The SMILES string of the molecule is COc1ccc(N2C[C@@H](C(=O)Nc3ccc(Oc4ccc(C(C)(C)C)cc4)cc3)CC2=O)cc1. The van der Waals surface area contributed by atoms with Crippen molar-refractivity contribution in [2.24, 2.45) is 5.92 Å². The van der Waals surface area contributed by atoms with E-state index in [1.807, 2.05) is 36.4 Å². The normalized spacial score (nSPS) is 15.8. The van der Waals surface area contributed by atoms with Gasteiger partial charge in [-0.3, -0.25) is 9.59 Å². The molecule has 0 aliphatic carbocycles. The minimum Gasteiger partial charge on any atom is -0.497 e. The molecule has 3 aromatic carbocycles. The Kier molecular flexibility index (Phi) is 6.59. The van der Waals surface area contributed by atoms with Gasteiger partial charge in [0.25, 0.3) is 0 Å². The van der Waals surface area contributed by atoms with Gasteiger partial charge in [0.1, 0.15) is 17.2 Å².